The van der Waals surface area contributed by atoms with Crippen LogP contribution in [0.4, 0.5) is 0 Å². The van der Waals surface area contributed by atoms with Crippen molar-refractivity contribution in [3.8, 4) is 23.0 Å². The summed E-state index contributed by atoms with van der Waals surface area (Å²) in [6.07, 6.45) is -0.249. The van der Waals surface area contributed by atoms with Crippen molar-refractivity contribution in [2.45, 2.75) is 25.0 Å². The smallest absolute Gasteiger partial charge is 0.303 e. The molecule has 0 aliphatic carbocycles. The van der Waals surface area contributed by atoms with Crippen molar-refractivity contribution < 1.29 is 38.7 Å². The summed E-state index contributed by atoms with van der Waals surface area (Å²) in [5.41, 5.74) is 0.445. The highest BCUT2D eigenvalue weighted by atomic mass is 16.6. The van der Waals surface area contributed by atoms with Gasteiger partial charge < -0.3 is 33.9 Å². The van der Waals surface area contributed by atoms with Crippen molar-refractivity contribution in [1.82, 2.24) is 0 Å². The van der Waals surface area contributed by atoms with Crippen LogP contribution < -0.4 is 14.2 Å². The van der Waals surface area contributed by atoms with Crippen molar-refractivity contribution in [3.63, 3.8) is 0 Å². The predicted octanol–water partition coefficient (Wildman–Crippen LogP) is 2.64. The van der Waals surface area contributed by atoms with Gasteiger partial charge in [-0.2, -0.15) is 0 Å². The number of phenols is 1. The Kier molecular flexibility index (Phi) is 6.92. The molecule has 1 heterocycles. The summed E-state index contributed by atoms with van der Waals surface area (Å²) in [5.74, 6) is 0.430. The van der Waals surface area contributed by atoms with Gasteiger partial charge in [0.25, 0.3) is 0 Å². The van der Waals surface area contributed by atoms with E-state index < -0.39 is 23.6 Å². The lowest BCUT2D eigenvalue weighted by molar-refractivity contribution is -0.162. The van der Waals surface area contributed by atoms with Gasteiger partial charge in [0.1, 0.15) is 5.60 Å². The van der Waals surface area contributed by atoms with Crippen LogP contribution in [0.3, 0.4) is 0 Å². The predicted molar refractivity (Wildman–Crippen MR) is 112 cm³/mol. The molecule has 0 aromatic heterocycles. The molecule has 1 fully saturated rings. The summed E-state index contributed by atoms with van der Waals surface area (Å²) in [5, 5.41) is 20.2. The van der Waals surface area contributed by atoms with Gasteiger partial charge in [-0.3, -0.25) is 4.79 Å². The Morgan fingerprint density at radius 2 is 1.77 bits per heavy atom. The SMILES string of the molecule is COc1cc(C[C@@]2(OC(C)=O)CO[C@H](c3ccc(OC)c(OC)c3)[C@H]2CO)ccc1O. The van der Waals surface area contributed by atoms with E-state index in [2.05, 4.69) is 0 Å². The van der Waals surface area contributed by atoms with E-state index in [4.69, 9.17) is 23.7 Å². The second-order valence-corrected chi connectivity index (χ2v) is 7.48. The fourth-order valence-electron chi connectivity index (χ4n) is 4.14. The molecule has 31 heavy (non-hydrogen) atoms. The van der Waals surface area contributed by atoms with Crippen LogP contribution in [0.2, 0.25) is 0 Å². The number of esters is 1. The van der Waals surface area contributed by atoms with Crippen molar-refractivity contribution in [2.24, 2.45) is 5.92 Å². The zero-order valence-corrected chi connectivity index (χ0v) is 18.1. The molecule has 1 aliphatic rings. The van der Waals surface area contributed by atoms with Crippen LogP contribution in [0.1, 0.15) is 24.2 Å². The summed E-state index contributed by atoms with van der Waals surface area (Å²) < 4.78 is 27.7. The van der Waals surface area contributed by atoms with E-state index in [1.54, 1.807) is 38.5 Å². The number of benzene rings is 2. The number of hydrogen-bond donors (Lipinski definition) is 2. The minimum absolute atomic E-state index is 0.0115. The molecule has 3 rings (SSSR count). The Labute approximate surface area is 181 Å². The van der Waals surface area contributed by atoms with Gasteiger partial charge in [0.2, 0.25) is 0 Å². The number of methoxy groups -OCH3 is 3. The molecule has 2 aromatic rings. The Balaban J connectivity index is 1.98. The van der Waals surface area contributed by atoms with E-state index in [1.165, 1.54) is 20.1 Å². The highest BCUT2D eigenvalue weighted by molar-refractivity contribution is 5.67. The minimum Gasteiger partial charge on any atom is -0.504 e. The monoisotopic (exact) mass is 432 g/mol. The van der Waals surface area contributed by atoms with Crippen LogP contribution in [0.25, 0.3) is 0 Å². The van der Waals surface area contributed by atoms with Crippen molar-refractivity contribution in [1.29, 1.82) is 0 Å². The Hall–Kier alpha value is -2.97. The summed E-state index contributed by atoms with van der Waals surface area (Å²) in [6.45, 7) is 1.17. The highest BCUT2D eigenvalue weighted by Gasteiger charge is 2.52. The number of carbonyl (C=O) groups is 1. The first kappa shape index (κ1) is 22.7. The molecule has 3 atom stereocenters. The molecule has 0 amide bonds. The number of aromatic hydroxyl groups is 1. The van der Waals surface area contributed by atoms with Gasteiger partial charge in [-0.25, -0.2) is 0 Å². The lowest BCUT2D eigenvalue weighted by Gasteiger charge is -2.34. The van der Waals surface area contributed by atoms with Gasteiger partial charge in [-0.15, -0.1) is 0 Å². The largest absolute Gasteiger partial charge is 0.504 e. The van der Waals surface area contributed by atoms with Crippen LogP contribution in [0, 0.1) is 5.92 Å². The van der Waals surface area contributed by atoms with Crippen LogP contribution in [-0.4, -0.2) is 56.3 Å². The molecule has 0 saturated carbocycles. The third kappa shape index (κ3) is 4.55. The van der Waals surface area contributed by atoms with Gasteiger partial charge in [0.05, 0.1) is 46.6 Å². The van der Waals surface area contributed by atoms with Gasteiger partial charge in [-0.05, 0) is 35.4 Å². The summed E-state index contributed by atoms with van der Waals surface area (Å²) in [6, 6.07) is 10.3. The number of aliphatic hydroxyl groups excluding tert-OH is 1. The number of rotatable bonds is 8. The number of ether oxygens (including phenoxy) is 5. The summed E-state index contributed by atoms with van der Waals surface area (Å²) in [7, 11) is 4.56. The number of hydrogen-bond acceptors (Lipinski definition) is 8. The first-order valence-corrected chi connectivity index (χ1v) is 9.87. The number of phenolic OH excluding ortho intramolecular Hbond substituents is 1. The van der Waals surface area contributed by atoms with Crippen LogP contribution in [-0.2, 0) is 20.7 Å². The zero-order chi connectivity index (χ0) is 22.6. The van der Waals surface area contributed by atoms with E-state index in [0.29, 0.717) is 17.2 Å². The van der Waals surface area contributed by atoms with Gasteiger partial charge in [-0.1, -0.05) is 12.1 Å². The first-order valence-electron chi connectivity index (χ1n) is 9.87. The number of carbonyl (C=O) groups excluding carboxylic acids is 1. The molecular formula is C23H28O8. The van der Waals surface area contributed by atoms with Gasteiger partial charge >= 0.3 is 5.97 Å². The molecular weight excluding hydrogens is 404 g/mol. The molecule has 1 aliphatic heterocycles. The molecule has 168 valence electrons. The van der Waals surface area contributed by atoms with Crippen molar-refractivity contribution >= 4 is 5.97 Å². The molecule has 8 nitrogen and oxygen atoms in total. The fourth-order valence-corrected chi connectivity index (χ4v) is 4.14. The normalized spacial score (nSPS) is 22.7. The lowest BCUT2D eigenvalue weighted by Crippen LogP contribution is -2.46. The second kappa shape index (κ2) is 9.45. The lowest BCUT2D eigenvalue weighted by atomic mass is 9.80. The summed E-state index contributed by atoms with van der Waals surface area (Å²) in [4.78, 5) is 12.0. The van der Waals surface area contributed by atoms with E-state index in [9.17, 15) is 15.0 Å². The summed E-state index contributed by atoms with van der Waals surface area (Å²) >= 11 is 0. The molecule has 0 radical (unpaired) electrons. The van der Waals surface area contributed by atoms with Crippen LogP contribution in [0.15, 0.2) is 36.4 Å². The first-order chi connectivity index (χ1) is 14.9. The average molecular weight is 432 g/mol. The molecule has 2 aromatic carbocycles. The van der Waals surface area contributed by atoms with Gasteiger partial charge in [0.15, 0.2) is 23.0 Å². The number of aliphatic hydroxyl groups is 1. The third-order valence-corrected chi connectivity index (χ3v) is 5.58. The Morgan fingerprint density at radius 1 is 1.06 bits per heavy atom. The van der Waals surface area contributed by atoms with E-state index in [-0.39, 0.29) is 25.4 Å². The topological polar surface area (TPSA) is 104 Å². The molecule has 2 N–H and O–H groups in total. The maximum absolute atomic E-state index is 12.0. The maximum Gasteiger partial charge on any atom is 0.303 e. The maximum atomic E-state index is 12.0. The second-order valence-electron chi connectivity index (χ2n) is 7.48. The average Bonchev–Trinajstić information content (AvgIpc) is 3.11. The van der Waals surface area contributed by atoms with E-state index in [1.807, 2.05) is 6.07 Å². The van der Waals surface area contributed by atoms with Crippen LogP contribution >= 0.6 is 0 Å². The van der Waals surface area contributed by atoms with Crippen molar-refractivity contribution in [3.05, 3.63) is 47.5 Å². The van der Waals surface area contributed by atoms with Gasteiger partial charge in [0, 0.05) is 13.3 Å². The molecule has 1 saturated heterocycles. The zero-order valence-electron chi connectivity index (χ0n) is 18.1. The quantitative estimate of drug-likeness (QED) is 0.614. The third-order valence-electron chi connectivity index (χ3n) is 5.58. The molecule has 0 bridgehead atoms. The van der Waals surface area contributed by atoms with Crippen LogP contribution in [0.5, 0.6) is 23.0 Å². The van der Waals surface area contributed by atoms with E-state index in [0.717, 1.165) is 11.1 Å². The molecule has 8 heteroatoms. The Bertz CT molecular complexity index is 928. The highest BCUT2D eigenvalue weighted by Crippen LogP contribution is 2.46. The fraction of sp³-hybridized carbons (Fsp3) is 0.435. The van der Waals surface area contributed by atoms with Crippen molar-refractivity contribution in [2.75, 3.05) is 34.5 Å². The molecule has 0 spiro atoms. The van der Waals surface area contributed by atoms with E-state index >= 15 is 0 Å². The molecule has 0 unspecified atom stereocenters. The minimum atomic E-state index is -1.10. The Morgan fingerprint density at radius 3 is 2.39 bits per heavy atom. The standard InChI is InChI=1S/C23H28O8/c1-14(25)31-23(11-15-5-7-18(26)20(9-15)28-3)13-30-22(17(23)12-24)16-6-8-19(27-2)21(10-16)29-4/h5-10,17,22,24,26H,11-13H2,1-4H3/t17-,22-,23-/m1/s1.